The Labute approximate surface area is 152 Å². The molecule has 0 radical (unpaired) electrons. The van der Waals surface area contributed by atoms with E-state index in [4.69, 9.17) is 0 Å². The summed E-state index contributed by atoms with van der Waals surface area (Å²) in [7, 11) is 4.21. The van der Waals surface area contributed by atoms with Crippen LogP contribution >= 0.6 is 0 Å². The summed E-state index contributed by atoms with van der Waals surface area (Å²) in [5.41, 5.74) is 5.18. The Morgan fingerprint density at radius 2 is 1.27 bits per heavy atom. The van der Waals surface area contributed by atoms with Crippen LogP contribution in [0.25, 0.3) is 0 Å². The quantitative estimate of drug-likeness (QED) is 0.588. The molecular formula is C21H21N3O2. The fourth-order valence-electron chi connectivity index (χ4n) is 6.82. The molecule has 0 aromatic heterocycles. The molecule has 26 heavy (non-hydrogen) atoms. The van der Waals surface area contributed by atoms with Crippen LogP contribution in [0.5, 0.6) is 0 Å². The van der Waals surface area contributed by atoms with Crippen molar-refractivity contribution in [1.82, 2.24) is 9.80 Å². The second-order valence-electron chi connectivity index (χ2n) is 8.29. The van der Waals surface area contributed by atoms with E-state index in [1.165, 1.54) is 22.3 Å². The molecule has 7 rings (SSSR count). The van der Waals surface area contributed by atoms with Gasteiger partial charge in [-0.2, -0.15) is 0 Å². The van der Waals surface area contributed by atoms with E-state index in [0.29, 0.717) is 12.0 Å². The highest BCUT2D eigenvalue weighted by Gasteiger charge is 2.68. The highest BCUT2D eigenvalue weighted by molar-refractivity contribution is 5.53. The molecule has 2 aromatic rings. The fourth-order valence-corrected chi connectivity index (χ4v) is 6.82. The predicted octanol–water partition coefficient (Wildman–Crippen LogP) is 2.94. The van der Waals surface area contributed by atoms with Crippen LogP contribution in [0.3, 0.4) is 0 Å². The first-order valence-electron chi connectivity index (χ1n) is 9.36. The second kappa shape index (κ2) is 4.72. The van der Waals surface area contributed by atoms with E-state index in [2.05, 4.69) is 66.4 Å². The summed E-state index contributed by atoms with van der Waals surface area (Å²) in [5.74, 6) is 0.567. The van der Waals surface area contributed by atoms with Crippen molar-refractivity contribution in [3.63, 3.8) is 0 Å². The molecule has 7 atom stereocenters. The summed E-state index contributed by atoms with van der Waals surface area (Å²) in [6, 6.07) is 16.8. The molecule has 0 amide bonds. The van der Waals surface area contributed by atoms with Gasteiger partial charge in [0.25, 0.3) is 0 Å². The first-order chi connectivity index (χ1) is 12.6. The summed E-state index contributed by atoms with van der Waals surface area (Å²) in [5, 5.41) is 12.3. The first kappa shape index (κ1) is 14.9. The van der Waals surface area contributed by atoms with Crippen LogP contribution in [0.2, 0.25) is 0 Å². The summed E-state index contributed by atoms with van der Waals surface area (Å²) >= 11 is 0. The van der Waals surface area contributed by atoms with Gasteiger partial charge >= 0.3 is 0 Å². The second-order valence-corrected chi connectivity index (χ2v) is 8.29. The van der Waals surface area contributed by atoms with Gasteiger partial charge in [-0.25, -0.2) is 0 Å². The van der Waals surface area contributed by atoms with E-state index in [0.717, 1.165) is 0 Å². The standard InChI is InChI=1S/C21H21N3O2/c1-22-17-13-9-5-3-7-11(13)16-19-15(17)12-8-4-6-10-14(12)18(23(19)2)21(20(16)22)24(25)26/h3-10,15-21H,1-2H3/t15-,16?,17?,18+,19-,20?,21?/m1/s1. The van der Waals surface area contributed by atoms with Gasteiger partial charge in [-0.1, -0.05) is 48.5 Å². The summed E-state index contributed by atoms with van der Waals surface area (Å²) < 4.78 is 0. The number of nitrogens with zero attached hydrogens (tertiary/aromatic N) is 3. The van der Waals surface area contributed by atoms with Gasteiger partial charge < -0.3 is 0 Å². The third-order valence-electron chi connectivity index (χ3n) is 7.53. The molecule has 5 nitrogen and oxygen atoms in total. The average molecular weight is 347 g/mol. The summed E-state index contributed by atoms with van der Waals surface area (Å²) in [4.78, 5) is 16.9. The van der Waals surface area contributed by atoms with Crippen LogP contribution in [-0.2, 0) is 0 Å². The van der Waals surface area contributed by atoms with Gasteiger partial charge in [0, 0.05) is 28.8 Å². The normalized spacial score (nSPS) is 39.5. The van der Waals surface area contributed by atoms with Crippen molar-refractivity contribution in [3.05, 3.63) is 80.9 Å². The van der Waals surface area contributed by atoms with Gasteiger partial charge in [0.1, 0.15) is 6.04 Å². The van der Waals surface area contributed by atoms with Crippen molar-refractivity contribution in [2.45, 2.75) is 42.0 Å². The lowest BCUT2D eigenvalue weighted by Crippen LogP contribution is -2.73. The van der Waals surface area contributed by atoms with Crippen molar-refractivity contribution in [1.29, 1.82) is 0 Å². The molecule has 0 saturated carbocycles. The maximum Gasteiger partial charge on any atom is 0.248 e. The minimum Gasteiger partial charge on any atom is -0.289 e. The molecule has 5 bridgehead atoms. The number of likely N-dealkylation sites (N-methyl/N-ethyl adjacent to an activating group) is 2. The van der Waals surface area contributed by atoms with E-state index in [1.807, 2.05) is 6.07 Å². The maximum absolute atomic E-state index is 12.3. The molecule has 5 aliphatic rings. The van der Waals surface area contributed by atoms with E-state index < -0.39 is 6.04 Å². The number of hydrogen-bond donors (Lipinski definition) is 0. The van der Waals surface area contributed by atoms with Crippen LogP contribution in [-0.4, -0.2) is 46.9 Å². The van der Waals surface area contributed by atoms with Crippen LogP contribution in [0.15, 0.2) is 48.5 Å². The molecular weight excluding hydrogens is 326 g/mol. The van der Waals surface area contributed by atoms with Gasteiger partial charge in [0.2, 0.25) is 6.04 Å². The molecule has 4 unspecified atom stereocenters. The van der Waals surface area contributed by atoms with E-state index in [-0.39, 0.29) is 29.0 Å². The number of piperidine rings is 2. The third-order valence-corrected chi connectivity index (χ3v) is 7.53. The highest BCUT2D eigenvalue weighted by atomic mass is 16.6. The van der Waals surface area contributed by atoms with Crippen molar-refractivity contribution >= 4 is 0 Å². The average Bonchev–Trinajstić information content (AvgIpc) is 2.64. The maximum atomic E-state index is 12.3. The molecule has 0 N–H and O–H groups in total. The van der Waals surface area contributed by atoms with E-state index >= 15 is 0 Å². The van der Waals surface area contributed by atoms with Crippen molar-refractivity contribution in [3.8, 4) is 0 Å². The number of benzene rings is 2. The van der Waals surface area contributed by atoms with E-state index in [9.17, 15) is 10.1 Å². The monoisotopic (exact) mass is 347 g/mol. The van der Waals surface area contributed by atoms with Crippen molar-refractivity contribution in [2.24, 2.45) is 0 Å². The SMILES string of the molecule is CN1C2C3c4ccccc4C1[C@H]1c4ccccc4[C@@H](C2[N+](=O)[O-])N(C)[C@@H]31. The Morgan fingerprint density at radius 3 is 1.88 bits per heavy atom. The Balaban J connectivity index is 1.72. The third kappa shape index (κ3) is 1.47. The number of hydrogen-bond acceptors (Lipinski definition) is 4. The summed E-state index contributed by atoms with van der Waals surface area (Å²) in [6.45, 7) is 0. The van der Waals surface area contributed by atoms with Crippen LogP contribution in [0.1, 0.15) is 46.2 Å². The minimum atomic E-state index is -0.607. The predicted molar refractivity (Wildman–Crippen MR) is 97.7 cm³/mol. The minimum absolute atomic E-state index is 0.0149. The van der Waals surface area contributed by atoms with E-state index in [1.54, 1.807) is 0 Å². The molecule has 4 aliphatic heterocycles. The molecule has 0 spiro atoms. The zero-order chi connectivity index (χ0) is 17.7. The number of fused-ring (bicyclic) bond motifs is 3. The van der Waals surface area contributed by atoms with Gasteiger partial charge in [0.15, 0.2) is 0 Å². The van der Waals surface area contributed by atoms with Crippen LogP contribution in [0, 0.1) is 10.1 Å². The molecule has 2 aromatic carbocycles. The Kier molecular flexibility index (Phi) is 2.70. The molecule has 2 fully saturated rings. The zero-order valence-electron chi connectivity index (χ0n) is 14.8. The molecule has 2 saturated heterocycles. The Morgan fingerprint density at radius 1 is 0.769 bits per heavy atom. The van der Waals surface area contributed by atoms with Gasteiger partial charge in [-0.3, -0.25) is 19.9 Å². The molecule has 4 heterocycles. The lowest BCUT2D eigenvalue weighted by Gasteiger charge is -2.67. The van der Waals surface area contributed by atoms with Gasteiger partial charge in [0.05, 0.1) is 6.04 Å². The van der Waals surface area contributed by atoms with Crippen molar-refractivity contribution < 1.29 is 4.92 Å². The van der Waals surface area contributed by atoms with Crippen LogP contribution < -0.4 is 0 Å². The largest absolute Gasteiger partial charge is 0.289 e. The van der Waals surface area contributed by atoms with Gasteiger partial charge in [-0.15, -0.1) is 0 Å². The Bertz CT molecular complexity index is 944. The molecule has 132 valence electrons. The fraction of sp³-hybridized carbons (Fsp3) is 0.429. The lowest BCUT2D eigenvalue weighted by molar-refractivity contribution is -0.549. The number of nitro groups is 1. The Hall–Kier alpha value is -2.24. The first-order valence-corrected chi connectivity index (χ1v) is 9.36. The molecule has 5 heteroatoms. The smallest absolute Gasteiger partial charge is 0.248 e. The topological polar surface area (TPSA) is 49.6 Å². The highest BCUT2D eigenvalue weighted by Crippen LogP contribution is 2.65. The number of rotatable bonds is 1. The molecule has 1 aliphatic carbocycles. The summed E-state index contributed by atoms with van der Waals surface area (Å²) in [6.07, 6.45) is 0. The zero-order valence-corrected chi connectivity index (χ0v) is 14.8. The lowest BCUT2D eigenvalue weighted by atomic mass is 9.53. The van der Waals surface area contributed by atoms with Crippen LogP contribution in [0.4, 0.5) is 0 Å². The van der Waals surface area contributed by atoms with Crippen molar-refractivity contribution in [2.75, 3.05) is 14.1 Å². The van der Waals surface area contributed by atoms with Gasteiger partial charge in [-0.05, 0) is 36.3 Å².